The Hall–Kier alpha value is -3.49. The van der Waals surface area contributed by atoms with E-state index in [0.717, 1.165) is 77.6 Å². The normalized spacial score (nSPS) is 15.9. The van der Waals surface area contributed by atoms with E-state index in [2.05, 4.69) is 16.0 Å². The molecule has 0 saturated carbocycles. The fraction of sp³-hybridized carbons (Fsp3) is 0.281. The molecule has 2 N–H and O–H groups in total. The molecular formula is C32H31Cl2N5O2. The van der Waals surface area contributed by atoms with Crippen molar-refractivity contribution in [2.45, 2.75) is 20.0 Å². The van der Waals surface area contributed by atoms with Crippen LogP contribution in [-0.2, 0) is 17.9 Å². The standard InChI is InChI=1S/C32H31Cl2N5O2/c1-20(40)39-18-32(19-39)16-38(17-32)15-21-12-13-28(37-31(21)41-2)26-10-5-8-24(30(26)34)23-7-4-9-25(29(23)33)27-11-3-6-22(14-35)36-27/h3-13H,14-19,35H2,1-2H3. The number of ether oxygens (including phenoxy) is 1. The summed E-state index contributed by atoms with van der Waals surface area (Å²) in [5.41, 5.74) is 12.6. The van der Waals surface area contributed by atoms with E-state index in [1.807, 2.05) is 65.6 Å². The number of benzene rings is 2. The Labute approximate surface area is 249 Å². The second-order valence-electron chi connectivity index (χ2n) is 10.9. The number of aromatic nitrogens is 2. The van der Waals surface area contributed by atoms with Crippen LogP contribution in [0.1, 0.15) is 18.2 Å². The highest BCUT2D eigenvalue weighted by atomic mass is 35.5. The summed E-state index contributed by atoms with van der Waals surface area (Å²) in [4.78, 5) is 25.3. The lowest BCUT2D eigenvalue weighted by molar-refractivity contribution is -0.157. The third kappa shape index (κ3) is 5.19. The van der Waals surface area contributed by atoms with Crippen molar-refractivity contribution < 1.29 is 9.53 Å². The number of nitrogens with two attached hydrogens (primary N) is 1. The topological polar surface area (TPSA) is 84.6 Å². The Kier molecular flexibility index (Phi) is 7.47. The van der Waals surface area contributed by atoms with Crippen LogP contribution in [0, 0.1) is 5.41 Å². The van der Waals surface area contributed by atoms with Gasteiger partial charge in [-0.25, -0.2) is 4.98 Å². The van der Waals surface area contributed by atoms with Crippen molar-refractivity contribution in [1.29, 1.82) is 0 Å². The number of hydrogen-bond acceptors (Lipinski definition) is 6. The van der Waals surface area contributed by atoms with Crippen molar-refractivity contribution in [3.63, 3.8) is 0 Å². The molecule has 9 heteroatoms. The molecule has 1 amide bonds. The highest BCUT2D eigenvalue weighted by molar-refractivity contribution is 6.39. The number of nitrogens with zero attached hydrogens (tertiary/aromatic N) is 4. The van der Waals surface area contributed by atoms with Gasteiger partial charge >= 0.3 is 0 Å². The first-order valence-electron chi connectivity index (χ1n) is 13.6. The summed E-state index contributed by atoms with van der Waals surface area (Å²) in [5, 5.41) is 1.13. The van der Waals surface area contributed by atoms with Gasteiger partial charge in [0.15, 0.2) is 0 Å². The van der Waals surface area contributed by atoms with Crippen LogP contribution in [0.25, 0.3) is 33.6 Å². The molecule has 210 valence electrons. The second-order valence-corrected chi connectivity index (χ2v) is 11.7. The Bertz CT molecular complexity index is 1630. The number of halogens is 2. The van der Waals surface area contributed by atoms with Crippen LogP contribution < -0.4 is 10.5 Å². The number of carbonyl (C=O) groups excluding carboxylic acids is 1. The van der Waals surface area contributed by atoms with Gasteiger partial charge in [-0.2, -0.15) is 0 Å². The Balaban J connectivity index is 1.25. The summed E-state index contributed by atoms with van der Waals surface area (Å²) in [7, 11) is 1.64. The van der Waals surface area contributed by atoms with Gasteiger partial charge in [-0.3, -0.25) is 14.7 Å². The highest BCUT2D eigenvalue weighted by Gasteiger charge is 2.52. The maximum atomic E-state index is 11.6. The van der Waals surface area contributed by atoms with Gasteiger partial charge in [0.05, 0.1) is 34.2 Å². The Morgan fingerprint density at radius 1 is 0.854 bits per heavy atom. The van der Waals surface area contributed by atoms with Crippen molar-refractivity contribution in [2.75, 3.05) is 33.3 Å². The lowest BCUT2D eigenvalue weighted by Crippen LogP contribution is -2.72. The van der Waals surface area contributed by atoms with Gasteiger partial charge in [0, 0.05) is 79.4 Å². The van der Waals surface area contributed by atoms with Crippen molar-refractivity contribution in [3.8, 4) is 39.5 Å². The fourth-order valence-electron chi connectivity index (χ4n) is 5.98. The number of rotatable bonds is 7. The van der Waals surface area contributed by atoms with Crippen molar-refractivity contribution >= 4 is 29.1 Å². The first-order chi connectivity index (χ1) is 19.8. The molecule has 0 bridgehead atoms. The summed E-state index contributed by atoms with van der Waals surface area (Å²) in [6.07, 6.45) is 0. The van der Waals surface area contributed by atoms with Gasteiger partial charge in [0.2, 0.25) is 11.8 Å². The zero-order valence-corrected chi connectivity index (χ0v) is 24.5. The van der Waals surface area contributed by atoms with E-state index in [1.165, 1.54) is 0 Å². The predicted molar refractivity (Wildman–Crippen MR) is 163 cm³/mol. The first kappa shape index (κ1) is 27.7. The molecule has 2 aliphatic heterocycles. The van der Waals surface area contributed by atoms with Crippen LogP contribution in [0.5, 0.6) is 5.88 Å². The predicted octanol–water partition coefficient (Wildman–Crippen LogP) is 5.92. The minimum absolute atomic E-state index is 0.155. The minimum atomic E-state index is 0.155. The molecule has 1 spiro atoms. The van der Waals surface area contributed by atoms with E-state index in [4.69, 9.17) is 38.7 Å². The molecule has 4 aromatic rings. The summed E-state index contributed by atoms with van der Waals surface area (Å²) in [6.45, 7) is 6.38. The van der Waals surface area contributed by atoms with Crippen LogP contribution >= 0.6 is 23.2 Å². The number of amides is 1. The van der Waals surface area contributed by atoms with Gasteiger partial charge in [0.1, 0.15) is 0 Å². The van der Waals surface area contributed by atoms with E-state index in [-0.39, 0.29) is 11.3 Å². The Morgan fingerprint density at radius 3 is 2.02 bits per heavy atom. The molecular weight excluding hydrogens is 557 g/mol. The summed E-state index contributed by atoms with van der Waals surface area (Å²) >= 11 is 14.0. The number of pyridine rings is 2. The quantitative estimate of drug-likeness (QED) is 0.289. The number of methoxy groups -OCH3 is 1. The number of hydrogen-bond donors (Lipinski definition) is 1. The maximum absolute atomic E-state index is 11.6. The zero-order chi connectivity index (χ0) is 28.7. The van der Waals surface area contributed by atoms with Gasteiger partial charge in [-0.1, -0.05) is 71.7 Å². The molecule has 0 aliphatic carbocycles. The number of likely N-dealkylation sites (tertiary alicyclic amines) is 2. The first-order valence-corrected chi connectivity index (χ1v) is 14.3. The van der Waals surface area contributed by atoms with E-state index in [9.17, 15) is 4.79 Å². The molecule has 6 rings (SSSR count). The van der Waals surface area contributed by atoms with E-state index in [0.29, 0.717) is 22.5 Å². The molecule has 4 heterocycles. The Morgan fingerprint density at radius 2 is 1.44 bits per heavy atom. The largest absolute Gasteiger partial charge is 0.481 e. The maximum Gasteiger partial charge on any atom is 0.219 e. The molecule has 41 heavy (non-hydrogen) atoms. The van der Waals surface area contributed by atoms with Crippen LogP contribution in [0.3, 0.4) is 0 Å². The van der Waals surface area contributed by atoms with Gasteiger partial charge < -0.3 is 15.4 Å². The van der Waals surface area contributed by atoms with E-state index in [1.54, 1.807) is 14.0 Å². The van der Waals surface area contributed by atoms with Crippen LogP contribution in [0.15, 0.2) is 66.7 Å². The van der Waals surface area contributed by atoms with Crippen LogP contribution in [0.4, 0.5) is 0 Å². The molecule has 2 aromatic heterocycles. The minimum Gasteiger partial charge on any atom is -0.481 e. The third-order valence-electron chi connectivity index (χ3n) is 8.00. The smallest absolute Gasteiger partial charge is 0.219 e. The average molecular weight is 589 g/mol. The molecule has 2 saturated heterocycles. The fourth-order valence-corrected chi connectivity index (χ4v) is 6.63. The number of carbonyl (C=O) groups is 1. The molecule has 2 aliphatic rings. The lowest BCUT2D eigenvalue weighted by atomic mass is 9.72. The molecule has 2 fully saturated rings. The lowest BCUT2D eigenvalue weighted by Gasteiger charge is -2.60. The third-order valence-corrected chi connectivity index (χ3v) is 8.81. The second kappa shape index (κ2) is 11.1. The van der Waals surface area contributed by atoms with Gasteiger partial charge in [-0.15, -0.1) is 0 Å². The summed E-state index contributed by atoms with van der Waals surface area (Å²) < 4.78 is 5.70. The average Bonchev–Trinajstić information content (AvgIpc) is 2.94. The van der Waals surface area contributed by atoms with Gasteiger partial charge in [0.25, 0.3) is 0 Å². The molecule has 2 aromatic carbocycles. The highest BCUT2D eigenvalue weighted by Crippen LogP contribution is 2.43. The molecule has 7 nitrogen and oxygen atoms in total. The molecule has 0 unspecified atom stereocenters. The SMILES string of the molecule is COc1nc(-c2cccc(-c3cccc(-c4cccc(CN)n4)c3Cl)c2Cl)ccc1CN1CC2(C1)CN(C(C)=O)C2. The van der Waals surface area contributed by atoms with Crippen molar-refractivity contribution in [3.05, 3.63) is 88.0 Å². The monoisotopic (exact) mass is 587 g/mol. The van der Waals surface area contributed by atoms with Crippen LogP contribution in [-0.4, -0.2) is 59.0 Å². The summed E-state index contributed by atoms with van der Waals surface area (Å²) in [6, 6.07) is 21.5. The van der Waals surface area contributed by atoms with Gasteiger partial charge in [-0.05, 0) is 18.2 Å². The van der Waals surface area contributed by atoms with Crippen LogP contribution in [0.2, 0.25) is 10.0 Å². The molecule has 0 atom stereocenters. The van der Waals surface area contributed by atoms with Crippen molar-refractivity contribution in [2.24, 2.45) is 11.1 Å². The molecule has 0 radical (unpaired) electrons. The summed E-state index contributed by atoms with van der Waals surface area (Å²) in [5.74, 6) is 0.734. The zero-order valence-electron chi connectivity index (χ0n) is 23.0. The van der Waals surface area contributed by atoms with Crippen molar-refractivity contribution in [1.82, 2.24) is 19.8 Å². The van der Waals surface area contributed by atoms with E-state index >= 15 is 0 Å². The van der Waals surface area contributed by atoms with E-state index < -0.39 is 0 Å².